The number of carbonyl (C=O) groups is 1. The minimum Gasteiger partial charge on any atom is -0.331 e. The Bertz CT molecular complexity index is 690. The number of carbonyl (C=O) groups excluding carboxylic acids is 1. The number of nitrogens with zero attached hydrogens (tertiary/aromatic N) is 2. The average molecular weight is 322 g/mol. The summed E-state index contributed by atoms with van der Waals surface area (Å²) in [6.07, 6.45) is 9.56. The summed E-state index contributed by atoms with van der Waals surface area (Å²) in [6.45, 7) is 4.82. The Morgan fingerprint density at radius 3 is 2.42 bits per heavy atom. The van der Waals surface area contributed by atoms with Crippen LogP contribution in [0.3, 0.4) is 0 Å². The Labute approximate surface area is 144 Å². The molecule has 0 atom stereocenters. The minimum atomic E-state index is 0.154. The quantitative estimate of drug-likeness (QED) is 0.819. The van der Waals surface area contributed by atoms with Crippen LogP contribution < -0.4 is 0 Å². The molecule has 2 aromatic rings. The predicted molar refractivity (Wildman–Crippen MR) is 96.9 cm³/mol. The van der Waals surface area contributed by atoms with Gasteiger partial charge in [0.1, 0.15) is 0 Å². The number of hydrogen-bond donors (Lipinski definition) is 0. The van der Waals surface area contributed by atoms with Crippen molar-refractivity contribution in [1.29, 1.82) is 0 Å². The molecule has 0 unspecified atom stereocenters. The maximum Gasteiger partial charge on any atom is 0.254 e. The fraction of sp³-hybridized carbons (Fsp3) is 0.429. The van der Waals surface area contributed by atoms with Crippen LogP contribution in [0.5, 0.6) is 0 Å². The second kappa shape index (κ2) is 7.61. The second-order valence-electron chi connectivity index (χ2n) is 6.88. The molecule has 1 aromatic carbocycles. The molecular weight excluding hydrogens is 296 g/mol. The van der Waals surface area contributed by atoms with Crippen molar-refractivity contribution in [2.24, 2.45) is 0 Å². The molecule has 24 heavy (non-hydrogen) atoms. The lowest BCUT2D eigenvalue weighted by atomic mass is 9.93. The van der Waals surface area contributed by atoms with E-state index in [1.54, 1.807) is 12.4 Å². The zero-order valence-corrected chi connectivity index (χ0v) is 14.7. The van der Waals surface area contributed by atoms with Gasteiger partial charge in [-0.1, -0.05) is 25.3 Å². The molecule has 3 rings (SSSR count). The maximum atomic E-state index is 13.2. The number of amides is 1. The lowest BCUT2D eigenvalue weighted by Crippen LogP contribution is -2.41. The van der Waals surface area contributed by atoms with Crippen LogP contribution in [-0.4, -0.2) is 21.8 Å². The molecule has 0 saturated heterocycles. The van der Waals surface area contributed by atoms with Gasteiger partial charge in [0.15, 0.2) is 0 Å². The van der Waals surface area contributed by atoms with Crippen LogP contribution in [0.25, 0.3) is 0 Å². The van der Waals surface area contributed by atoms with Gasteiger partial charge in [-0.3, -0.25) is 9.78 Å². The second-order valence-corrected chi connectivity index (χ2v) is 6.88. The summed E-state index contributed by atoms with van der Waals surface area (Å²) < 4.78 is 0. The fourth-order valence-electron chi connectivity index (χ4n) is 3.48. The maximum absolute atomic E-state index is 13.2. The van der Waals surface area contributed by atoms with Gasteiger partial charge in [-0.05, 0) is 67.6 Å². The summed E-state index contributed by atoms with van der Waals surface area (Å²) in [6, 6.07) is 10.4. The van der Waals surface area contributed by atoms with Crippen molar-refractivity contribution in [2.75, 3.05) is 0 Å². The van der Waals surface area contributed by atoms with E-state index in [2.05, 4.69) is 23.7 Å². The van der Waals surface area contributed by atoms with Crippen molar-refractivity contribution in [3.05, 3.63) is 65.0 Å². The third-order valence-electron chi connectivity index (χ3n) is 5.13. The highest BCUT2D eigenvalue weighted by Crippen LogP contribution is 2.26. The number of pyridine rings is 1. The minimum absolute atomic E-state index is 0.154. The highest BCUT2D eigenvalue weighted by Gasteiger charge is 2.26. The summed E-state index contributed by atoms with van der Waals surface area (Å²) in [4.78, 5) is 19.4. The van der Waals surface area contributed by atoms with E-state index in [0.29, 0.717) is 12.6 Å². The largest absolute Gasteiger partial charge is 0.331 e. The Morgan fingerprint density at radius 1 is 1.04 bits per heavy atom. The molecule has 126 valence electrons. The Hall–Kier alpha value is -2.16. The van der Waals surface area contributed by atoms with Crippen molar-refractivity contribution >= 4 is 5.91 Å². The predicted octanol–water partition coefficient (Wildman–Crippen LogP) is 4.67. The zero-order chi connectivity index (χ0) is 16.9. The molecule has 0 bridgehead atoms. The van der Waals surface area contributed by atoms with Crippen molar-refractivity contribution in [3.8, 4) is 0 Å². The number of aryl methyl sites for hydroxylation is 2. The molecule has 0 aliphatic heterocycles. The molecule has 1 fully saturated rings. The monoisotopic (exact) mass is 322 g/mol. The molecule has 0 spiro atoms. The summed E-state index contributed by atoms with van der Waals surface area (Å²) in [5.74, 6) is 0.154. The Balaban J connectivity index is 1.87. The normalized spacial score (nSPS) is 15.2. The SMILES string of the molecule is Cc1ccc(C(=O)N(Cc2ccncc2)C2CCCCC2)cc1C. The summed E-state index contributed by atoms with van der Waals surface area (Å²) in [5, 5.41) is 0. The van der Waals surface area contributed by atoms with E-state index >= 15 is 0 Å². The van der Waals surface area contributed by atoms with E-state index in [1.165, 1.54) is 30.4 Å². The first-order valence-corrected chi connectivity index (χ1v) is 8.92. The van der Waals surface area contributed by atoms with Crippen LogP contribution in [0.1, 0.15) is 59.2 Å². The van der Waals surface area contributed by atoms with Crippen LogP contribution in [0.15, 0.2) is 42.7 Å². The first-order valence-electron chi connectivity index (χ1n) is 8.92. The Kier molecular flexibility index (Phi) is 5.29. The van der Waals surface area contributed by atoms with Gasteiger partial charge in [0.2, 0.25) is 0 Å². The van der Waals surface area contributed by atoms with Gasteiger partial charge in [-0.2, -0.15) is 0 Å². The number of rotatable bonds is 4. The van der Waals surface area contributed by atoms with E-state index < -0.39 is 0 Å². The van der Waals surface area contributed by atoms with Gasteiger partial charge in [0, 0.05) is 30.5 Å². The van der Waals surface area contributed by atoms with Crippen LogP contribution in [0.2, 0.25) is 0 Å². The highest BCUT2D eigenvalue weighted by atomic mass is 16.2. The molecule has 1 aliphatic carbocycles. The van der Waals surface area contributed by atoms with Crippen molar-refractivity contribution < 1.29 is 4.79 Å². The van der Waals surface area contributed by atoms with E-state index in [9.17, 15) is 4.79 Å². The van der Waals surface area contributed by atoms with Crippen LogP contribution in [0, 0.1) is 13.8 Å². The van der Waals surface area contributed by atoms with Crippen molar-refractivity contribution in [1.82, 2.24) is 9.88 Å². The number of aromatic nitrogens is 1. The van der Waals surface area contributed by atoms with E-state index in [1.807, 2.05) is 30.3 Å². The standard InChI is InChI=1S/C21H26N2O/c1-16-8-9-19(14-17(16)2)21(24)23(20-6-4-3-5-7-20)15-18-10-12-22-13-11-18/h8-14,20H,3-7,15H2,1-2H3. The molecule has 0 radical (unpaired) electrons. The first kappa shape index (κ1) is 16.7. The molecule has 1 amide bonds. The highest BCUT2D eigenvalue weighted by molar-refractivity contribution is 5.94. The number of hydrogen-bond acceptors (Lipinski definition) is 2. The smallest absolute Gasteiger partial charge is 0.254 e. The lowest BCUT2D eigenvalue weighted by Gasteiger charge is -2.34. The average Bonchev–Trinajstić information content (AvgIpc) is 2.63. The molecule has 1 heterocycles. The van der Waals surface area contributed by atoms with Gasteiger partial charge in [-0.25, -0.2) is 0 Å². The van der Waals surface area contributed by atoms with Gasteiger partial charge in [-0.15, -0.1) is 0 Å². The molecular formula is C21H26N2O. The molecule has 3 heteroatoms. The van der Waals surface area contributed by atoms with Gasteiger partial charge in [0.05, 0.1) is 0 Å². The van der Waals surface area contributed by atoms with E-state index in [-0.39, 0.29) is 5.91 Å². The van der Waals surface area contributed by atoms with Gasteiger partial charge < -0.3 is 4.90 Å². The van der Waals surface area contributed by atoms with E-state index in [4.69, 9.17) is 0 Å². The third kappa shape index (κ3) is 3.84. The summed E-state index contributed by atoms with van der Waals surface area (Å²) in [5.41, 5.74) is 4.35. The zero-order valence-electron chi connectivity index (χ0n) is 14.7. The Morgan fingerprint density at radius 2 is 1.75 bits per heavy atom. The lowest BCUT2D eigenvalue weighted by molar-refractivity contribution is 0.0614. The molecule has 0 N–H and O–H groups in total. The molecule has 1 aliphatic rings. The molecule has 3 nitrogen and oxygen atoms in total. The van der Waals surface area contributed by atoms with Crippen molar-refractivity contribution in [2.45, 2.75) is 58.5 Å². The topological polar surface area (TPSA) is 33.2 Å². The number of benzene rings is 1. The summed E-state index contributed by atoms with van der Waals surface area (Å²) >= 11 is 0. The van der Waals surface area contributed by atoms with Gasteiger partial charge in [0.25, 0.3) is 5.91 Å². The molecule has 1 saturated carbocycles. The van der Waals surface area contributed by atoms with Crippen LogP contribution in [-0.2, 0) is 6.54 Å². The first-order chi connectivity index (χ1) is 11.6. The third-order valence-corrected chi connectivity index (χ3v) is 5.13. The van der Waals surface area contributed by atoms with Gasteiger partial charge >= 0.3 is 0 Å². The van der Waals surface area contributed by atoms with E-state index in [0.717, 1.165) is 24.0 Å². The summed E-state index contributed by atoms with van der Waals surface area (Å²) in [7, 11) is 0. The van der Waals surface area contributed by atoms with Crippen molar-refractivity contribution in [3.63, 3.8) is 0 Å². The van der Waals surface area contributed by atoms with Crippen LogP contribution in [0.4, 0.5) is 0 Å². The van der Waals surface area contributed by atoms with Crippen LogP contribution >= 0.6 is 0 Å². The fourth-order valence-corrected chi connectivity index (χ4v) is 3.48. The molecule has 1 aromatic heterocycles.